The van der Waals surface area contributed by atoms with Crippen molar-refractivity contribution in [2.75, 3.05) is 11.3 Å². The van der Waals surface area contributed by atoms with Gasteiger partial charge in [-0.15, -0.1) is 0 Å². The monoisotopic (exact) mass is 398 g/mol. The van der Waals surface area contributed by atoms with Gasteiger partial charge in [0.1, 0.15) is 36.1 Å². The number of benzene rings is 2. The van der Waals surface area contributed by atoms with Gasteiger partial charge in [-0.05, 0) is 24.6 Å². The number of nitrogens with one attached hydrogen (secondary N) is 2. The van der Waals surface area contributed by atoms with E-state index in [0.717, 1.165) is 5.56 Å². The maximum absolute atomic E-state index is 15.0. The summed E-state index contributed by atoms with van der Waals surface area (Å²) in [6, 6.07) is 6.42. The molecule has 28 heavy (non-hydrogen) atoms. The third-order valence-electron chi connectivity index (χ3n) is 4.30. The van der Waals surface area contributed by atoms with E-state index < -0.39 is 11.9 Å². The van der Waals surface area contributed by atoms with Crippen LogP contribution in [0.2, 0.25) is 0 Å². The molecule has 0 radical (unpaired) electrons. The van der Waals surface area contributed by atoms with Gasteiger partial charge in [0.2, 0.25) is 4.90 Å². The van der Waals surface area contributed by atoms with E-state index in [4.69, 9.17) is 4.74 Å². The number of halogens is 1. The van der Waals surface area contributed by atoms with Crippen LogP contribution in [0, 0.1) is 24.6 Å². The number of thiol groups is 1. The van der Waals surface area contributed by atoms with Crippen LogP contribution in [0.3, 0.4) is 0 Å². The van der Waals surface area contributed by atoms with Crippen LogP contribution >= 0.6 is 0 Å². The van der Waals surface area contributed by atoms with Crippen molar-refractivity contribution in [2.24, 2.45) is 0 Å². The Kier molecular flexibility index (Phi) is 4.86. The summed E-state index contributed by atoms with van der Waals surface area (Å²) in [6.45, 7) is 1.93. The fourth-order valence-electron chi connectivity index (χ4n) is 2.85. The lowest BCUT2D eigenvalue weighted by Gasteiger charge is -2.07. The van der Waals surface area contributed by atoms with Crippen molar-refractivity contribution in [3.63, 3.8) is 0 Å². The summed E-state index contributed by atoms with van der Waals surface area (Å²) < 4.78 is 23.5. The molecule has 0 saturated carbocycles. The summed E-state index contributed by atoms with van der Waals surface area (Å²) in [6.07, 6.45) is 2.42. The zero-order valence-electron chi connectivity index (χ0n) is 14.8. The van der Waals surface area contributed by atoms with Gasteiger partial charge >= 0.3 is 0 Å². The Hall–Kier alpha value is -3.15. The Morgan fingerprint density at radius 3 is 3.00 bits per heavy atom. The van der Waals surface area contributed by atoms with Crippen LogP contribution < -0.4 is 9.46 Å². The lowest BCUT2D eigenvalue weighted by molar-refractivity contribution is 0.140. The molecule has 0 spiro atoms. The number of phenols is 1. The Labute approximate surface area is 164 Å². The summed E-state index contributed by atoms with van der Waals surface area (Å²) in [5.74, 6) is 5.79. The SMILES string of the molecule is Cc1ccc(N[SH+]c2cc(O)cc3c2OCC3O)c(F)c1C#Cc1cn[nH]c1. The number of anilines is 1. The molecule has 6 nitrogen and oxygen atoms in total. The number of nitrogens with zero attached hydrogens (tertiary/aromatic N) is 1. The largest absolute Gasteiger partial charge is 0.508 e. The summed E-state index contributed by atoms with van der Waals surface area (Å²) >= 11 is 0.510. The molecule has 142 valence electrons. The van der Waals surface area contributed by atoms with Crippen LogP contribution in [0.1, 0.15) is 28.4 Å². The predicted octanol–water partition coefficient (Wildman–Crippen LogP) is 2.59. The van der Waals surface area contributed by atoms with E-state index in [2.05, 4.69) is 26.8 Å². The second-order valence-electron chi connectivity index (χ2n) is 6.29. The first-order valence-electron chi connectivity index (χ1n) is 8.47. The maximum atomic E-state index is 15.0. The smallest absolute Gasteiger partial charge is 0.224 e. The first-order valence-corrected chi connectivity index (χ1v) is 9.37. The van der Waals surface area contributed by atoms with Crippen molar-refractivity contribution in [2.45, 2.75) is 17.9 Å². The quantitative estimate of drug-likeness (QED) is 0.309. The second kappa shape index (κ2) is 7.46. The van der Waals surface area contributed by atoms with Crippen molar-refractivity contribution in [3.8, 4) is 23.3 Å². The molecule has 0 amide bonds. The highest BCUT2D eigenvalue weighted by Gasteiger charge is 2.29. The van der Waals surface area contributed by atoms with E-state index in [-0.39, 0.29) is 18.0 Å². The molecular weight excluding hydrogens is 381 g/mol. The fourth-order valence-corrected chi connectivity index (χ4v) is 3.75. The number of aromatic hydroxyl groups is 1. The normalized spacial score (nSPS) is 14.8. The molecule has 1 atom stereocenters. The lowest BCUT2D eigenvalue weighted by Crippen LogP contribution is -2.03. The van der Waals surface area contributed by atoms with Gasteiger partial charge in [-0.3, -0.25) is 5.10 Å². The molecular formula is C20H17FN3O3S+. The molecule has 1 aliphatic heterocycles. The fraction of sp³-hybridized carbons (Fsp3) is 0.150. The summed E-state index contributed by atoms with van der Waals surface area (Å²) in [7, 11) is 0. The molecule has 0 bridgehead atoms. The van der Waals surface area contributed by atoms with Crippen LogP contribution in [0.15, 0.2) is 41.6 Å². The van der Waals surface area contributed by atoms with Crippen molar-refractivity contribution in [3.05, 3.63) is 64.7 Å². The van der Waals surface area contributed by atoms with E-state index in [1.54, 1.807) is 31.5 Å². The molecule has 0 aliphatic carbocycles. The number of hydrogen-bond acceptors (Lipinski definition) is 5. The number of aryl methyl sites for hydroxylation is 1. The number of phenolic OH excluding ortho intramolecular Hbond substituents is 1. The average molecular weight is 398 g/mol. The zero-order chi connectivity index (χ0) is 19.7. The van der Waals surface area contributed by atoms with Crippen molar-refractivity contribution >= 4 is 17.6 Å². The number of aliphatic hydroxyl groups excluding tert-OH is 1. The number of hydrogen-bond donors (Lipinski definition) is 4. The predicted molar refractivity (Wildman–Crippen MR) is 105 cm³/mol. The summed E-state index contributed by atoms with van der Waals surface area (Å²) in [4.78, 5) is 0.609. The van der Waals surface area contributed by atoms with Crippen LogP contribution in [0.4, 0.5) is 10.1 Å². The molecule has 8 heteroatoms. The summed E-state index contributed by atoms with van der Waals surface area (Å²) in [5, 5.41) is 26.3. The standard InChI is InChI=1S/C20H16FN3O3S/c1-11-2-5-16(19(21)14(11)4-3-12-8-22-23-9-12)24-28-18-7-13(25)6-15-17(26)10-27-20(15)18/h2,5-9,17,24-26H,10H2,1H3,(H,22,23)/p+1. The second-order valence-corrected chi connectivity index (χ2v) is 7.22. The zero-order valence-corrected chi connectivity index (χ0v) is 15.7. The third kappa shape index (κ3) is 3.50. The molecule has 1 aliphatic rings. The van der Waals surface area contributed by atoms with E-state index in [9.17, 15) is 14.6 Å². The van der Waals surface area contributed by atoms with Gasteiger partial charge < -0.3 is 14.9 Å². The minimum absolute atomic E-state index is 0.0173. The Bertz CT molecular complexity index is 1090. The van der Waals surface area contributed by atoms with E-state index in [1.807, 2.05) is 0 Å². The molecule has 1 aromatic heterocycles. The number of aromatic nitrogens is 2. The van der Waals surface area contributed by atoms with Crippen molar-refractivity contribution < 1.29 is 19.3 Å². The number of fused-ring (bicyclic) bond motifs is 1. The van der Waals surface area contributed by atoms with Crippen molar-refractivity contribution in [1.29, 1.82) is 0 Å². The van der Waals surface area contributed by atoms with Gasteiger partial charge in [0, 0.05) is 17.8 Å². The molecule has 1 unspecified atom stereocenters. The highest BCUT2D eigenvalue weighted by Crippen LogP contribution is 2.39. The first-order chi connectivity index (χ1) is 13.5. The number of aromatic amines is 1. The Morgan fingerprint density at radius 1 is 1.36 bits per heavy atom. The molecule has 2 heterocycles. The minimum atomic E-state index is -0.781. The molecule has 3 aromatic rings. The molecule has 0 fully saturated rings. The Morgan fingerprint density at radius 2 is 2.21 bits per heavy atom. The van der Waals surface area contributed by atoms with Crippen molar-refractivity contribution in [1.82, 2.24) is 10.2 Å². The number of ether oxygens (including phenoxy) is 1. The highest BCUT2D eigenvalue weighted by atomic mass is 32.2. The van der Waals surface area contributed by atoms with Gasteiger partial charge in [0.25, 0.3) is 0 Å². The minimum Gasteiger partial charge on any atom is -0.508 e. The third-order valence-corrected chi connectivity index (χ3v) is 5.23. The van der Waals surface area contributed by atoms with Crippen LogP contribution in [-0.2, 0) is 11.9 Å². The molecule has 0 saturated heterocycles. The number of H-pyrrole nitrogens is 1. The topological polar surface area (TPSA) is 90.4 Å². The summed E-state index contributed by atoms with van der Waals surface area (Å²) in [5.41, 5.74) is 2.50. The Balaban J connectivity index is 1.60. The van der Waals surface area contributed by atoms with Crippen LogP contribution in [0.25, 0.3) is 0 Å². The first kappa shape index (κ1) is 18.2. The lowest BCUT2D eigenvalue weighted by atomic mass is 10.1. The van der Waals surface area contributed by atoms with E-state index in [1.165, 1.54) is 12.1 Å². The maximum Gasteiger partial charge on any atom is 0.224 e. The van der Waals surface area contributed by atoms with Gasteiger partial charge in [-0.2, -0.15) is 5.10 Å². The van der Waals surface area contributed by atoms with E-state index >= 15 is 0 Å². The van der Waals surface area contributed by atoms with E-state index in [0.29, 0.717) is 39.3 Å². The van der Waals surface area contributed by atoms with Crippen LogP contribution in [-0.4, -0.2) is 27.0 Å². The van der Waals surface area contributed by atoms with Gasteiger partial charge in [-0.25, -0.2) is 9.11 Å². The molecule has 4 N–H and O–H groups in total. The average Bonchev–Trinajstić information content (AvgIpc) is 3.31. The number of rotatable bonds is 3. The molecule has 2 aromatic carbocycles. The van der Waals surface area contributed by atoms with Crippen LogP contribution in [0.5, 0.6) is 11.5 Å². The number of aliphatic hydroxyl groups is 1. The van der Waals surface area contributed by atoms with Gasteiger partial charge in [0.15, 0.2) is 11.6 Å². The van der Waals surface area contributed by atoms with Gasteiger partial charge in [-0.1, -0.05) is 17.9 Å². The van der Waals surface area contributed by atoms with Gasteiger partial charge in [0.05, 0.1) is 17.3 Å². The highest BCUT2D eigenvalue weighted by molar-refractivity contribution is 7.80. The molecule has 4 rings (SSSR count).